The van der Waals surface area contributed by atoms with Crippen molar-refractivity contribution in [2.24, 2.45) is 0 Å². The molecule has 1 fully saturated rings. The molecule has 1 saturated heterocycles. The molecule has 1 heterocycles. The van der Waals surface area contributed by atoms with Crippen molar-refractivity contribution >= 4 is 5.69 Å². The first-order valence-electron chi connectivity index (χ1n) is 6.06. The molecule has 0 aromatic heterocycles. The van der Waals surface area contributed by atoms with E-state index in [2.05, 4.69) is 55.3 Å². The largest absolute Gasteiger partial charge is 0.369 e. The molecule has 0 N–H and O–H groups in total. The van der Waals surface area contributed by atoms with Gasteiger partial charge in [-0.1, -0.05) is 32.9 Å². The van der Waals surface area contributed by atoms with E-state index in [1.807, 2.05) is 0 Å². The van der Waals surface area contributed by atoms with E-state index in [-0.39, 0.29) is 5.41 Å². The van der Waals surface area contributed by atoms with E-state index >= 15 is 0 Å². The molecule has 2 nitrogen and oxygen atoms in total. The summed E-state index contributed by atoms with van der Waals surface area (Å²) in [6.07, 6.45) is 0. The molecule has 1 radical (unpaired) electrons. The van der Waals surface area contributed by atoms with E-state index in [0.29, 0.717) is 0 Å². The molecule has 0 aliphatic carbocycles. The Labute approximate surface area is 98.7 Å². The Hall–Kier alpha value is -1.02. The van der Waals surface area contributed by atoms with Crippen LogP contribution >= 0.6 is 0 Å². The molecule has 1 aliphatic heterocycles. The summed E-state index contributed by atoms with van der Waals surface area (Å²) in [4.78, 5) is 2.43. The lowest BCUT2D eigenvalue weighted by Crippen LogP contribution is -2.40. The van der Waals surface area contributed by atoms with Crippen molar-refractivity contribution < 1.29 is 0 Å². The van der Waals surface area contributed by atoms with Gasteiger partial charge in [0, 0.05) is 31.9 Å². The van der Waals surface area contributed by atoms with Gasteiger partial charge in [-0.05, 0) is 23.1 Å². The summed E-state index contributed by atoms with van der Waals surface area (Å²) in [6, 6.07) is 8.92. The van der Waals surface area contributed by atoms with Gasteiger partial charge in [0.15, 0.2) is 0 Å². The number of piperazine rings is 1. The molecule has 0 saturated carbocycles. The number of hydrogen-bond donors (Lipinski definition) is 0. The highest BCUT2D eigenvalue weighted by atomic mass is 15.2. The van der Waals surface area contributed by atoms with Gasteiger partial charge in [-0.15, -0.1) is 0 Å². The maximum atomic E-state index is 4.38. The highest BCUT2D eigenvalue weighted by Gasteiger charge is 2.16. The van der Waals surface area contributed by atoms with Crippen molar-refractivity contribution in [3.05, 3.63) is 29.8 Å². The molecule has 0 amide bonds. The minimum atomic E-state index is 0.232. The fourth-order valence-electron chi connectivity index (χ4n) is 2.03. The average molecular weight is 217 g/mol. The van der Waals surface area contributed by atoms with E-state index in [4.69, 9.17) is 0 Å². The number of hydrogen-bond acceptors (Lipinski definition) is 1. The molecular formula is C14H21N2. The monoisotopic (exact) mass is 217 g/mol. The zero-order valence-electron chi connectivity index (χ0n) is 10.5. The maximum absolute atomic E-state index is 4.38. The molecule has 1 aromatic rings. The quantitative estimate of drug-likeness (QED) is 0.706. The molecule has 0 spiro atoms. The van der Waals surface area contributed by atoms with Crippen LogP contribution in [0.2, 0.25) is 0 Å². The van der Waals surface area contributed by atoms with E-state index < -0.39 is 0 Å². The molecule has 1 aromatic carbocycles. The first-order chi connectivity index (χ1) is 7.57. The summed E-state index contributed by atoms with van der Waals surface area (Å²) in [5.74, 6) is 0. The molecule has 2 rings (SSSR count). The summed E-state index contributed by atoms with van der Waals surface area (Å²) in [7, 11) is 0. The fraction of sp³-hybridized carbons (Fsp3) is 0.571. The smallest absolute Gasteiger partial charge is 0.0370 e. The van der Waals surface area contributed by atoms with E-state index in [1.165, 1.54) is 11.3 Å². The minimum absolute atomic E-state index is 0.232. The van der Waals surface area contributed by atoms with E-state index in [9.17, 15) is 0 Å². The Balaban J connectivity index is 2.21. The predicted octanol–water partition coefficient (Wildman–Crippen LogP) is 2.41. The highest BCUT2D eigenvalue weighted by molar-refractivity contribution is 5.50. The lowest BCUT2D eigenvalue weighted by molar-refractivity contribution is 0.574. The lowest BCUT2D eigenvalue weighted by Gasteiger charge is -2.30. The standard InChI is InChI=1S/C14H21N2/c1-14(2,3)12-5-4-6-13(11-12)16-9-7-15-8-10-16/h4-6,11H,7-10H2,1-3H3. The normalized spacial score (nSPS) is 17.6. The average Bonchev–Trinajstić information content (AvgIpc) is 2.29. The first-order valence-corrected chi connectivity index (χ1v) is 6.06. The third-order valence-corrected chi connectivity index (χ3v) is 3.13. The van der Waals surface area contributed by atoms with Crippen LogP contribution < -0.4 is 10.2 Å². The summed E-state index contributed by atoms with van der Waals surface area (Å²) in [6.45, 7) is 10.9. The van der Waals surface area contributed by atoms with Gasteiger partial charge >= 0.3 is 0 Å². The van der Waals surface area contributed by atoms with Crippen LogP contribution in [0, 0.1) is 0 Å². The molecule has 87 valence electrons. The van der Waals surface area contributed by atoms with Crippen molar-refractivity contribution in [2.75, 3.05) is 31.1 Å². The van der Waals surface area contributed by atoms with Crippen molar-refractivity contribution in [1.82, 2.24) is 5.32 Å². The van der Waals surface area contributed by atoms with Crippen LogP contribution in [-0.2, 0) is 5.41 Å². The van der Waals surface area contributed by atoms with Gasteiger partial charge in [0.25, 0.3) is 0 Å². The van der Waals surface area contributed by atoms with Gasteiger partial charge in [0.2, 0.25) is 0 Å². The molecule has 1 aliphatic rings. The second-order valence-corrected chi connectivity index (χ2v) is 5.46. The topological polar surface area (TPSA) is 17.3 Å². The van der Waals surface area contributed by atoms with Gasteiger partial charge in [0.1, 0.15) is 0 Å². The number of benzene rings is 1. The van der Waals surface area contributed by atoms with Gasteiger partial charge in [-0.2, -0.15) is 0 Å². The van der Waals surface area contributed by atoms with Crippen LogP contribution in [0.4, 0.5) is 5.69 Å². The molecule has 16 heavy (non-hydrogen) atoms. The van der Waals surface area contributed by atoms with Crippen molar-refractivity contribution in [1.29, 1.82) is 0 Å². The zero-order chi connectivity index (χ0) is 11.6. The Morgan fingerprint density at radius 1 is 1.12 bits per heavy atom. The first kappa shape index (κ1) is 11.5. The molecule has 0 atom stereocenters. The Kier molecular flexibility index (Phi) is 3.20. The number of nitrogens with zero attached hydrogens (tertiary/aromatic N) is 2. The van der Waals surface area contributed by atoms with Crippen LogP contribution in [-0.4, -0.2) is 26.2 Å². The second kappa shape index (κ2) is 4.46. The maximum Gasteiger partial charge on any atom is 0.0370 e. The van der Waals surface area contributed by atoms with Crippen LogP contribution in [0.3, 0.4) is 0 Å². The number of rotatable bonds is 1. The summed E-state index contributed by atoms with van der Waals surface area (Å²) < 4.78 is 0. The SMILES string of the molecule is CC(C)(C)c1cccc(N2CC[N]CC2)c1. The third-order valence-electron chi connectivity index (χ3n) is 3.13. The van der Waals surface area contributed by atoms with Gasteiger partial charge in [-0.3, -0.25) is 0 Å². The third kappa shape index (κ3) is 2.56. The summed E-state index contributed by atoms with van der Waals surface area (Å²) in [5.41, 5.74) is 2.99. The van der Waals surface area contributed by atoms with Crippen LogP contribution in [0.1, 0.15) is 26.3 Å². The molecular weight excluding hydrogens is 196 g/mol. The predicted molar refractivity (Wildman–Crippen MR) is 69.2 cm³/mol. The van der Waals surface area contributed by atoms with Crippen molar-refractivity contribution in [2.45, 2.75) is 26.2 Å². The molecule has 0 bridgehead atoms. The van der Waals surface area contributed by atoms with E-state index in [1.54, 1.807) is 0 Å². The molecule has 2 heteroatoms. The fourth-order valence-corrected chi connectivity index (χ4v) is 2.03. The highest BCUT2D eigenvalue weighted by Crippen LogP contribution is 2.26. The van der Waals surface area contributed by atoms with Gasteiger partial charge < -0.3 is 4.90 Å². The lowest BCUT2D eigenvalue weighted by atomic mass is 9.87. The van der Waals surface area contributed by atoms with Gasteiger partial charge in [-0.25, -0.2) is 5.32 Å². The molecule has 0 unspecified atom stereocenters. The minimum Gasteiger partial charge on any atom is -0.369 e. The Bertz CT molecular complexity index is 346. The zero-order valence-corrected chi connectivity index (χ0v) is 10.5. The van der Waals surface area contributed by atoms with Crippen LogP contribution in [0.15, 0.2) is 24.3 Å². The van der Waals surface area contributed by atoms with Crippen LogP contribution in [0.5, 0.6) is 0 Å². The van der Waals surface area contributed by atoms with Gasteiger partial charge in [0.05, 0.1) is 0 Å². The summed E-state index contributed by atoms with van der Waals surface area (Å²) in [5, 5.41) is 4.38. The Morgan fingerprint density at radius 3 is 2.44 bits per heavy atom. The number of anilines is 1. The van der Waals surface area contributed by atoms with E-state index in [0.717, 1.165) is 26.2 Å². The van der Waals surface area contributed by atoms with Crippen LogP contribution in [0.25, 0.3) is 0 Å². The second-order valence-electron chi connectivity index (χ2n) is 5.46. The van der Waals surface area contributed by atoms with Crippen molar-refractivity contribution in [3.63, 3.8) is 0 Å². The summed E-state index contributed by atoms with van der Waals surface area (Å²) >= 11 is 0. The van der Waals surface area contributed by atoms with Crippen molar-refractivity contribution in [3.8, 4) is 0 Å². The Morgan fingerprint density at radius 2 is 1.81 bits per heavy atom.